The molecule has 0 aromatic heterocycles. The van der Waals surface area contributed by atoms with Crippen LogP contribution in [0.3, 0.4) is 0 Å². The van der Waals surface area contributed by atoms with Gasteiger partial charge in [0.1, 0.15) is 18.2 Å². The summed E-state index contributed by atoms with van der Waals surface area (Å²) in [6.07, 6.45) is 3.69. The molecule has 0 aliphatic rings. The average Bonchev–Trinajstić information content (AvgIpc) is 2.89. The van der Waals surface area contributed by atoms with E-state index in [1.54, 1.807) is 42.5 Å². The Balaban J connectivity index is 1.95. The van der Waals surface area contributed by atoms with E-state index in [1.165, 1.54) is 6.08 Å². The van der Waals surface area contributed by atoms with Crippen molar-refractivity contribution >= 4 is 29.3 Å². The van der Waals surface area contributed by atoms with Gasteiger partial charge in [0.15, 0.2) is 11.5 Å². The Kier molecular flexibility index (Phi) is 9.49. The number of anilines is 1. The molecule has 3 rings (SSSR count). The number of hydrogen-bond acceptors (Lipinski definition) is 5. The highest BCUT2D eigenvalue weighted by Crippen LogP contribution is 2.35. The van der Waals surface area contributed by atoms with E-state index in [0.717, 1.165) is 16.7 Å². The number of benzene rings is 3. The third-order valence-corrected chi connectivity index (χ3v) is 5.84. The van der Waals surface area contributed by atoms with Crippen LogP contribution >= 0.6 is 11.6 Å². The van der Waals surface area contributed by atoms with Crippen molar-refractivity contribution < 1.29 is 14.3 Å². The molecule has 0 fully saturated rings. The minimum atomic E-state index is -0.556. The molecule has 0 spiro atoms. The van der Waals surface area contributed by atoms with Crippen LogP contribution in [0.2, 0.25) is 5.02 Å². The fourth-order valence-corrected chi connectivity index (χ4v) is 3.77. The molecule has 186 valence electrons. The Morgan fingerprint density at radius 2 is 1.89 bits per heavy atom. The number of nitrogens with zero attached hydrogens (tertiary/aromatic N) is 2. The predicted molar refractivity (Wildman–Crippen MR) is 145 cm³/mol. The highest BCUT2D eigenvalue weighted by molar-refractivity contribution is 6.31. The number of halogens is 1. The summed E-state index contributed by atoms with van der Waals surface area (Å²) in [5, 5.41) is 22.3. The fraction of sp³-hybridized carbons (Fsp3) is 0.167. The number of ether oxygens (including phenoxy) is 2. The van der Waals surface area contributed by atoms with E-state index in [0.29, 0.717) is 46.4 Å². The fourth-order valence-electron chi connectivity index (χ4n) is 3.59. The summed E-state index contributed by atoms with van der Waals surface area (Å²) in [5.74, 6) is 0.425. The zero-order valence-electron chi connectivity index (χ0n) is 20.7. The van der Waals surface area contributed by atoms with E-state index in [4.69, 9.17) is 21.1 Å². The monoisotopic (exact) mass is 511 g/mol. The first-order chi connectivity index (χ1) is 17.9. The van der Waals surface area contributed by atoms with Crippen molar-refractivity contribution in [2.24, 2.45) is 0 Å². The van der Waals surface area contributed by atoms with Gasteiger partial charge in [0.05, 0.1) is 18.2 Å². The van der Waals surface area contributed by atoms with Crippen LogP contribution < -0.4 is 14.8 Å². The molecule has 6 nitrogen and oxygen atoms in total. The van der Waals surface area contributed by atoms with E-state index >= 15 is 0 Å². The van der Waals surface area contributed by atoms with Gasteiger partial charge in [0, 0.05) is 21.8 Å². The van der Waals surface area contributed by atoms with Gasteiger partial charge in [-0.15, -0.1) is 6.58 Å². The molecule has 0 radical (unpaired) electrons. The molecule has 0 aliphatic carbocycles. The van der Waals surface area contributed by atoms with Crippen LogP contribution in [0.25, 0.3) is 6.08 Å². The minimum absolute atomic E-state index is 0.0830. The van der Waals surface area contributed by atoms with E-state index in [-0.39, 0.29) is 12.2 Å². The number of hydrogen-bond donors (Lipinski definition) is 1. The van der Waals surface area contributed by atoms with Crippen molar-refractivity contribution in [1.29, 1.82) is 10.5 Å². The summed E-state index contributed by atoms with van der Waals surface area (Å²) in [5.41, 5.74) is 3.94. The van der Waals surface area contributed by atoms with Crippen LogP contribution in [0.15, 0.2) is 72.8 Å². The Labute approximate surface area is 222 Å². The van der Waals surface area contributed by atoms with Crippen LogP contribution in [0, 0.1) is 29.6 Å². The number of amides is 1. The van der Waals surface area contributed by atoms with E-state index in [9.17, 15) is 15.3 Å². The third kappa shape index (κ3) is 7.01. The molecule has 3 aromatic carbocycles. The van der Waals surface area contributed by atoms with E-state index < -0.39 is 5.91 Å². The van der Waals surface area contributed by atoms with Gasteiger partial charge in [0.25, 0.3) is 5.91 Å². The second kappa shape index (κ2) is 13.0. The minimum Gasteiger partial charge on any atom is -0.490 e. The van der Waals surface area contributed by atoms with Crippen molar-refractivity contribution in [3.8, 4) is 23.6 Å². The summed E-state index contributed by atoms with van der Waals surface area (Å²) < 4.78 is 12.0. The smallest absolute Gasteiger partial charge is 0.266 e. The molecule has 3 aromatic rings. The molecule has 0 bridgehead atoms. The molecule has 1 amide bonds. The summed E-state index contributed by atoms with van der Waals surface area (Å²) in [7, 11) is 0. The van der Waals surface area contributed by atoms with Gasteiger partial charge in [-0.05, 0) is 67.8 Å². The first kappa shape index (κ1) is 27.1. The topological polar surface area (TPSA) is 95.1 Å². The lowest BCUT2D eigenvalue weighted by Crippen LogP contribution is -2.13. The van der Waals surface area contributed by atoms with Gasteiger partial charge in [-0.1, -0.05) is 41.9 Å². The molecule has 0 heterocycles. The van der Waals surface area contributed by atoms with Crippen LogP contribution in [0.1, 0.15) is 34.7 Å². The first-order valence-corrected chi connectivity index (χ1v) is 12.0. The number of carbonyl (C=O) groups is 1. The predicted octanol–water partition coefficient (Wildman–Crippen LogP) is 6.77. The quantitative estimate of drug-likeness (QED) is 0.184. The maximum absolute atomic E-state index is 12.8. The van der Waals surface area contributed by atoms with E-state index in [1.807, 2.05) is 38.1 Å². The maximum atomic E-state index is 12.8. The summed E-state index contributed by atoms with van der Waals surface area (Å²) >= 11 is 6.15. The van der Waals surface area contributed by atoms with Crippen LogP contribution in [-0.2, 0) is 17.8 Å². The molecule has 0 aliphatic heterocycles. The summed E-state index contributed by atoms with van der Waals surface area (Å²) in [6, 6.07) is 20.0. The molecule has 0 saturated carbocycles. The van der Waals surface area contributed by atoms with Gasteiger partial charge >= 0.3 is 0 Å². The number of carbonyl (C=O) groups excluding carboxylic acids is 1. The third-order valence-electron chi connectivity index (χ3n) is 5.43. The molecular weight excluding hydrogens is 486 g/mol. The number of aryl methyl sites for hydroxylation is 1. The van der Waals surface area contributed by atoms with Crippen LogP contribution in [-0.4, -0.2) is 12.5 Å². The molecule has 1 N–H and O–H groups in total. The number of nitrogens with one attached hydrogen (secondary N) is 1. The first-order valence-electron chi connectivity index (χ1n) is 11.6. The standard InChI is InChI=1S/C30H26ClN3O3/c1-4-8-22-13-21(14-25(18-33)30(35)34-26-12-11-20(3)27(31)16-26)15-28(36-5-2)29(22)37-19-24-10-7-6-9-23(24)17-32/h4,6-7,9-16H,1,5,8,19H2,2-3H3,(H,34,35)/b25-14-. The maximum Gasteiger partial charge on any atom is 0.266 e. The Morgan fingerprint density at radius 1 is 1.11 bits per heavy atom. The van der Waals surface area contributed by atoms with Gasteiger partial charge in [-0.25, -0.2) is 0 Å². The van der Waals surface area contributed by atoms with Crippen molar-refractivity contribution in [2.75, 3.05) is 11.9 Å². The largest absolute Gasteiger partial charge is 0.490 e. The molecule has 0 unspecified atom stereocenters. The molecule has 37 heavy (non-hydrogen) atoms. The summed E-state index contributed by atoms with van der Waals surface area (Å²) in [4.78, 5) is 12.8. The highest BCUT2D eigenvalue weighted by Gasteiger charge is 2.16. The SMILES string of the molecule is C=CCc1cc(/C=C(/C#N)C(=O)Nc2ccc(C)c(Cl)c2)cc(OCC)c1OCc1ccccc1C#N. The lowest BCUT2D eigenvalue weighted by Gasteiger charge is -2.17. The van der Waals surface area contributed by atoms with Crippen LogP contribution in [0.4, 0.5) is 5.69 Å². The van der Waals surface area contributed by atoms with Gasteiger partial charge in [-0.3, -0.25) is 4.79 Å². The Bertz CT molecular complexity index is 1430. The number of rotatable bonds is 10. The highest BCUT2D eigenvalue weighted by atomic mass is 35.5. The van der Waals surface area contributed by atoms with Gasteiger partial charge in [0.2, 0.25) is 0 Å². The molecule has 0 atom stereocenters. The van der Waals surface area contributed by atoms with Crippen molar-refractivity contribution in [3.05, 3.63) is 106 Å². The molecular formula is C30H26ClN3O3. The lowest BCUT2D eigenvalue weighted by atomic mass is 10.0. The number of nitriles is 2. The number of allylic oxidation sites excluding steroid dienone is 1. The molecule has 0 saturated heterocycles. The van der Waals surface area contributed by atoms with Gasteiger partial charge in [-0.2, -0.15) is 10.5 Å². The van der Waals surface area contributed by atoms with Crippen molar-refractivity contribution in [3.63, 3.8) is 0 Å². The Morgan fingerprint density at radius 3 is 2.57 bits per heavy atom. The van der Waals surface area contributed by atoms with Crippen molar-refractivity contribution in [2.45, 2.75) is 26.9 Å². The summed E-state index contributed by atoms with van der Waals surface area (Å²) in [6.45, 7) is 8.10. The Hall–Kier alpha value is -4.52. The second-order valence-electron chi connectivity index (χ2n) is 8.08. The zero-order chi connectivity index (χ0) is 26.8. The second-order valence-corrected chi connectivity index (χ2v) is 8.49. The normalized spacial score (nSPS) is 10.7. The van der Waals surface area contributed by atoms with Crippen LogP contribution in [0.5, 0.6) is 11.5 Å². The van der Waals surface area contributed by atoms with E-state index in [2.05, 4.69) is 18.0 Å². The van der Waals surface area contributed by atoms with Gasteiger partial charge < -0.3 is 14.8 Å². The molecule has 7 heteroatoms. The lowest BCUT2D eigenvalue weighted by molar-refractivity contribution is -0.112. The zero-order valence-corrected chi connectivity index (χ0v) is 21.4. The van der Waals surface area contributed by atoms with Crippen molar-refractivity contribution in [1.82, 2.24) is 0 Å². The average molecular weight is 512 g/mol.